The van der Waals surface area contributed by atoms with E-state index in [-0.39, 0.29) is 12.6 Å². The predicted molar refractivity (Wildman–Crippen MR) is 64.1 cm³/mol. The second kappa shape index (κ2) is 5.92. The third-order valence-electron chi connectivity index (χ3n) is 2.92. The number of pyridine rings is 1. The number of morpholine rings is 1. The zero-order valence-electron chi connectivity index (χ0n) is 9.67. The molecule has 0 saturated carbocycles. The van der Waals surface area contributed by atoms with Crippen LogP contribution in [0.25, 0.3) is 0 Å². The highest BCUT2D eigenvalue weighted by atomic mass is 16.5. The summed E-state index contributed by atoms with van der Waals surface area (Å²) in [5, 5.41) is 9.26. The molecule has 1 aliphatic heterocycles. The highest BCUT2D eigenvalue weighted by molar-refractivity contribution is 5.33. The fourth-order valence-electron chi connectivity index (χ4n) is 1.90. The first kappa shape index (κ1) is 12.3. The number of nitrogens with one attached hydrogen (secondary N) is 1. The van der Waals surface area contributed by atoms with E-state index in [9.17, 15) is 5.11 Å². The van der Waals surface area contributed by atoms with Crippen molar-refractivity contribution in [2.24, 2.45) is 5.84 Å². The van der Waals surface area contributed by atoms with E-state index in [0.717, 1.165) is 18.7 Å². The smallest absolute Gasteiger partial charge is 0.139 e. The summed E-state index contributed by atoms with van der Waals surface area (Å²) >= 11 is 0. The number of nitrogens with two attached hydrogens (primary N) is 1. The average Bonchev–Trinajstić information content (AvgIpc) is 2.40. The Labute approximate surface area is 100 Å². The van der Waals surface area contributed by atoms with Crippen molar-refractivity contribution in [3.8, 4) is 0 Å². The van der Waals surface area contributed by atoms with Crippen LogP contribution in [0, 0.1) is 0 Å². The average molecular weight is 238 g/mol. The van der Waals surface area contributed by atoms with Gasteiger partial charge < -0.3 is 15.3 Å². The number of ether oxygens (including phenoxy) is 1. The Kier molecular flexibility index (Phi) is 4.27. The van der Waals surface area contributed by atoms with Gasteiger partial charge in [0.2, 0.25) is 0 Å². The SMILES string of the molecule is NNc1ccc(CN2CCOCC2CO)cn1. The summed E-state index contributed by atoms with van der Waals surface area (Å²) in [6.07, 6.45) is 1.79. The summed E-state index contributed by atoms with van der Waals surface area (Å²) in [7, 11) is 0. The molecule has 1 unspecified atom stereocenters. The van der Waals surface area contributed by atoms with Gasteiger partial charge in [0.1, 0.15) is 5.82 Å². The van der Waals surface area contributed by atoms with Gasteiger partial charge in [0, 0.05) is 19.3 Å². The number of hydrogen-bond acceptors (Lipinski definition) is 6. The first-order valence-electron chi connectivity index (χ1n) is 5.67. The lowest BCUT2D eigenvalue weighted by Gasteiger charge is -2.34. The van der Waals surface area contributed by atoms with Crippen LogP contribution in [0.2, 0.25) is 0 Å². The number of aliphatic hydroxyl groups is 1. The molecule has 0 aromatic carbocycles. The second-order valence-electron chi connectivity index (χ2n) is 4.08. The van der Waals surface area contributed by atoms with Crippen molar-refractivity contribution in [2.45, 2.75) is 12.6 Å². The molecule has 1 fully saturated rings. The highest BCUT2D eigenvalue weighted by Crippen LogP contribution is 2.12. The van der Waals surface area contributed by atoms with Crippen LogP contribution in [-0.4, -0.2) is 47.4 Å². The predicted octanol–water partition coefficient (Wildman–Crippen LogP) is -0.440. The van der Waals surface area contributed by atoms with Crippen molar-refractivity contribution in [3.63, 3.8) is 0 Å². The summed E-state index contributed by atoms with van der Waals surface area (Å²) in [4.78, 5) is 6.36. The quantitative estimate of drug-likeness (QED) is 0.487. The number of nitrogen functional groups attached to an aromatic ring is 1. The standard InChI is InChI=1S/C11H18N4O2/c12-14-11-2-1-9(5-13-11)6-15-3-4-17-8-10(15)7-16/h1-2,5,10,16H,3-4,6-8,12H2,(H,13,14). The molecule has 0 spiro atoms. The van der Waals surface area contributed by atoms with E-state index >= 15 is 0 Å². The molecule has 0 amide bonds. The number of nitrogens with zero attached hydrogens (tertiary/aromatic N) is 2. The van der Waals surface area contributed by atoms with Gasteiger partial charge in [0.05, 0.1) is 25.9 Å². The van der Waals surface area contributed by atoms with E-state index < -0.39 is 0 Å². The molecule has 17 heavy (non-hydrogen) atoms. The van der Waals surface area contributed by atoms with Crippen molar-refractivity contribution < 1.29 is 9.84 Å². The summed E-state index contributed by atoms with van der Waals surface area (Å²) in [5.74, 6) is 5.90. The van der Waals surface area contributed by atoms with Crippen molar-refractivity contribution in [1.29, 1.82) is 0 Å². The molecular weight excluding hydrogens is 220 g/mol. The number of hydrazine groups is 1. The summed E-state index contributed by atoms with van der Waals surface area (Å²) in [6.45, 7) is 3.03. The van der Waals surface area contributed by atoms with Crippen LogP contribution >= 0.6 is 0 Å². The lowest BCUT2D eigenvalue weighted by atomic mass is 10.2. The van der Waals surface area contributed by atoms with E-state index in [2.05, 4.69) is 15.3 Å². The molecular formula is C11H18N4O2. The molecule has 6 nitrogen and oxygen atoms in total. The van der Waals surface area contributed by atoms with Crippen molar-refractivity contribution >= 4 is 5.82 Å². The molecule has 1 aromatic heterocycles. The van der Waals surface area contributed by atoms with E-state index in [0.29, 0.717) is 19.0 Å². The number of anilines is 1. The minimum atomic E-state index is 0.0797. The lowest BCUT2D eigenvalue weighted by molar-refractivity contribution is -0.0313. The third kappa shape index (κ3) is 3.13. The monoisotopic (exact) mass is 238 g/mol. The fourth-order valence-corrected chi connectivity index (χ4v) is 1.90. The lowest BCUT2D eigenvalue weighted by Crippen LogP contribution is -2.46. The number of aromatic nitrogens is 1. The van der Waals surface area contributed by atoms with Gasteiger partial charge in [0.15, 0.2) is 0 Å². The molecule has 0 bridgehead atoms. The number of hydrogen-bond donors (Lipinski definition) is 3. The molecule has 2 rings (SSSR count). The molecule has 94 valence electrons. The first-order chi connectivity index (χ1) is 8.33. The zero-order valence-corrected chi connectivity index (χ0v) is 9.67. The molecule has 1 aromatic rings. The maximum absolute atomic E-state index is 9.26. The van der Waals surface area contributed by atoms with E-state index in [1.54, 1.807) is 6.20 Å². The minimum Gasteiger partial charge on any atom is -0.395 e. The van der Waals surface area contributed by atoms with Crippen molar-refractivity contribution in [1.82, 2.24) is 9.88 Å². The molecule has 1 aliphatic rings. The van der Waals surface area contributed by atoms with Gasteiger partial charge in [-0.25, -0.2) is 10.8 Å². The van der Waals surface area contributed by atoms with E-state index in [4.69, 9.17) is 10.6 Å². The van der Waals surface area contributed by atoms with Crippen LogP contribution in [0.3, 0.4) is 0 Å². The van der Waals surface area contributed by atoms with Gasteiger partial charge in [-0.1, -0.05) is 6.07 Å². The van der Waals surface area contributed by atoms with Crippen LogP contribution in [-0.2, 0) is 11.3 Å². The van der Waals surface area contributed by atoms with Gasteiger partial charge in [-0.15, -0.1) is 0 Å². The summed E-state index contributed by atoms with van der Waals surface area (Å²) < 4.78 is 5.33. The minimum absolute atomic E-state index is 0.0797. The van der Waals surface area contributed by atoms with Crippen LogP contribution in [0.1, 0.15) is 5.56 Å². The Morgan fingerprint density at radius 2 is 2.47 bits per heavy atom. The Balaban J connectivity index is 1.98. The number of rotatable bonds is 4. The Hall–Kier alpha value is -1.21. The Morgan fingerprint density at radius 3 is 3.12 bits per heavy atom. The normalized spacial score (nSPS) is 21.4. The summed E-state index contributed by atoms with van der Waals surface area (Å²) in [6, 6.07) is 3.89. The third-order valence-corrected chi connectivity index (χ3v) is 2.92. The van der Waals surface area contributed by atoms with Crippen LogP contribution < -0.4 is 11.3 Å². The second-order valence-corrected chi connectivity index (χ2v) is 4.08. The molecule has 0 radical (unpaired) electrons. The van der Waals surface area contributed by atoms with E-state index in [1.165, 1.54) is 0 Å². The van der Waals surface area contributed by atoms with E-state index in [1.807, 2.05) is 12.1 Å². The van der Waals surface area contributed by atoms with Crippen LogP contribution in [0.15, 0.2) is 18.3 Å². The maximum Gasteiger partial charge on any atom is 0.139 e. The van der Waals surface area contributed by atoms with Crippen molar-refractivity contribution in [3.05, 3.63) is 23.9 Å². The van der Waals surface area contributed by atoms with Crippen LogP contribution in [0.5, 0.6) is 0 Å². The van der Waals surface area contributed by atoms with Gasteiger partial charge in [-0.3, -0.25) is 4.90 Å². The van der Waals surface area contributed by atoms with Gasteiger partial charge in [-0.05, 0) is 11.6 Å². The van der Waals surface area contributed by atoms with Crippen molar-refractivity contribution in [2.75, 3.05) is 31.8 Å². The zero-order chi connectivity index (χ0) is 12.1. The Bertz CT molecular complexity index is 344. The van der Waals surface area contributed by atoms with Gasteiger partial charge in [-0.2, -0.15) is 0 Å². The molecule has 0 aliphatic carbocycles. The molecule has 1 atom stereocenters. The largest absolute Gasteiger partial charge is 0.395 e. The fraction of sp³-hybridized carbons (Fsp3) is 0.545. The van der Waals surface area contributed by atoms with Gasteiger partial charge >= 0.3 is 0 Å². The number of aliphatic hydroxyl groups excluding tert-OH is 1. The maximum atomic E-state index is 9.26. The highest BCUT2D eigenvalue weighted by Gasteiger charge is 2.22. The molecule has 1 saturated heterocycles. The molecule has 6 heteroatoms. The first-order valence-corrected chi connectivity index (χ1v) is 5.67. The summed E-state index contributed by atoms with van der Waals surface area (Å²) in [5.41, 5.74) is 3.59. The molecule has 4 N–H and O–H groups in total. The topological polar surface area (TPSA) is 83.6 Å². The molecule has 2 heterocycles. The Morgan fingerprint density at radius 1 is 1.59 bits per heavy atom. The van der Waals surface area contributed by atoms with Gasteiger partial charge in [0.25, 0.3) is 0 Å². The van der Waals surface area contributed by atoms with Crippen LogP contribution in [0.4, 0.5) is 5.82 Å².